The van der Waals surface area contributed by atoms with Gasteiger partial charge < -0.3 is 36.3 Å². The molecule has 0 saturated carbocycles. The Kier molecular flexibility index (Phi) is 8.77. The highest BCUT2D eigenvalue weighted by Gasteiger charge is 2.22. The molecule has 0 fully saturated rings. The number of fused-ring (bicyclic) bond motifs is 1. The molecule has 0 saturated heterocycles. The molecule has 42 heavy (non-hydrogen) atoms. The molecular weight excluding hydrogens is 532 g/mol. The predicted molar refractivity (Wildman–Crippen MR) is 163 cm³/mol. The SMILES string of the molecule is CCc1c(CN[C@@H](CO)[C@@H](O)c2ccccc2)cccc1Nc1c(C(N)=O)cnc2nc(-c3ccc(OC)cc3)[nH]c12. The summed E-state index contributed by atoms with van der Waals surface area (Å²) in [5, 5.41) is 27.6. The van der Waals surface area contributed by atoms with Crippen LogP contribution >= 0.6 is 0 Å². The molecule has 0 aliphatic rings. The van der Waals surface area contributed by atoms with Crippen molar-refractivity contribution in [1.29, 1.82) is 0 Å². The molecule has 0 unspecified atom stereocenters. The highest BCUT2D eigenvalue weighted by Crippen LogP contribution is 2.33. The maximum atomic E-state index is 12.5. The number of aliphatic hydroxyl groups excluding tert-OH is 2. The smallest absolute Gasteiger partial charge is 0.252 e. The number of aromatic nitrogens is 3. The van der Waals surface area contributed by atoms with Crippen LogP contribution in [0.3, 0.4) is 0 Å². The minimum absolute atomic E-state index is 0.226. The van der Waals surface area contributed by atoms with Gasteiger partial charge in [-0.1, -0.05) is 49.4 Å². The number of ether oxygens (including phenoxy) is 1. The number of anilines is 2. The molecule has 0 bridgehead atoms. The number of methoxy groups -OCH3 is 1. The molecule has 7 N–H and O–H groups in total. The van der Waals surface area contributed by atoms with Crippen LogP contribution in [-0.4, -0.2) is 50.8 Å². The van der Waals surface area contributed by atoms with Crippen LogP contribution in [0.5, 0.6) is 5.75 Å². The van der Waals surface area contributed by atoms with Gasteiger partial charge in [0, 0.05) is 24.0 Å². The van der Waals surface area contributed by atoms with Crippen molar-refractivity contribution in [2.24, 2.45) is 5.73 Å². The summed E-state index contributed by atoms with van der Waals surface area (Å²) >= 11 is 0. The lowest BCUT2D eigenvalue weighted by molar-refractivity contribution is 0.0891. The molecule has 2 aromatic heterocycles. The predicted octanol–water partition coefficient (Wildman–Crippen LogP) is 4.22. The number of pyridine rings is 1. The molecule has 10 nitrogen and oxygen atoms in total. The minimum Gasteiger partial charge on any atom is -0.497 e. The fraction of sp³-hybridized carbons (Fsp3) is 0.219. The summed E-state index contributed by atoms with van der Waals surface area (Å²) < 4.78 is 5.26. The van der Waals surface area contributed by atoms with Gasteiger partial charge in [-0.15, -0.1) is 0 Å². The number of aromatic amines is 1. The molecule has 0 radical (unpaired) electrons. The van der Waals surface area contributed by atoms with Crippen molar-refractivity contribution >= 4 is 28.4 Å². The van der Waals surface area contributed by atoms with E-state index in [1.165, 1.54) is 6.20 Å². The van der Waals surface area contributed by atoms with Crippen LogP contribution < -0.4 is 21.1 Å². The van der Waals surface area contributed by atoms with E-state index in [1.54, 1.807) is 7.11 Å². The Morgan fingerprint density at radius 3 is 2.50 bits per heavy atom. The maximum absolute atomic E-state index is 12.5. The first kappa shape index (κ1) is 28.7. The topological polar surface area (TPSA) is 158 Å². The average Bonchev–Trinajstić information content (AvgIpc) is 3.47. The highest BCUT2D eigenvalue weighted by atomic mass is 16.5. The molecule has 5 rings (SSSR count). The Labute approximate surface area is 243 Å². The summed E-state index contributed by atoms with van der Waals surface area (Å²) in [6.45, 7) is 2.22. The fourth-order valence-electron chi connectivity index (χ4n) is 5.03. The van der Waals surface area contributed by atoms with Gasteiger partial charge in [0.2, 0.25) is 0 Å². The number of hydrogen-bond donors (Lipinski definition) is 6. The number of nitrogens with zero attached hydrogens (tertiary/aromatic N) is 2. The summed E-state index contributed by atoms with van der Waals surface area (Å²) in [7, 11) is 1.61. The van der Waals surface area contributed by atoms with Crippen molar-refractivity contribution in [3.05, 3.63) is 101 Å². The molecule has 1 amide bonds. The maximum Gasteiger partial charge on any atom is 0.252 e. The van der Waals surface area contributed by atoms with Crippen LogP contribution in [-0.2, 0) is 13.0 Å². The van der Waals surface area contributed by atoms with Crippen LogP contribution in [0.4, 0.5) is 11.4 Å². The van der Waals surface area contributed by atoms with Crippen molar-refractivity contribution in [2.45, 2.75) is 32.0 Å². The van der Waals surface area contributed by atoms with Gasteiger partial charge >= 0.3 is 0 Å². The lowest BCUT2D eigenvalue weighted by Gasteiger charge is -2.24. The van der Waals surface area contributed by atoms with Gasteiger partial charge in [0.25, 0.3) is 5.91 Å². The van der Waals surface area contributed by atoms with E-state index < -0.39 is 18.1 Å². The van der Waals surface area contributed by atoms with Crippen LogP contribution in [0.2, 0.25) is 0 Å². The molecule has 0 spiro atoms. The Morgan fingerprint density at radius 2 is 1.83 bits per heavy atom. The zero-order valence-corrected chi connectivity index (χ0v) is 23.5. The summed E-state index contributed by atoms with van der Waals surface area (Å²) in [4.78, 5) is 24.8. The van der Waals surface area contributed by atoms with Gasteiger partial charge in [0.05, 0.1) is 37.1 Å². The van der Waals surface area contributed by atoms with Gasteiger partial charge in [-0.25, -0.2) is 9.97 Å². The summed E-state index contributed by atoms with van der Waals surface area (Å²) in [6, 6.07) is 22.0. The zero-order chi connectivity index (χ0) is 29.6. The first-order valence-electron chi connectivity index (χ1n) is 13.7. The molecule has 3 aromatic carbocycles. The lowest BCUT2D eigenvalue weighted by Crippen LogP contribution is -2.37. The number of nitrogens with one attached hydrogen (secondary N) is 3. The van der Waals surface area contributed by atoms with Gasteiger partial charge in [-0.3, -0.25) is 4.79 Å². The minimum atomic E-state index is -0.869. The second-order valence-electron chi connectivity index (χ2n) is 9.87. The second kappa shape index (κ2) is 12.8. The van der Waals surface area contributed by atoms with E-state index >= 15 is 0 Å². The van der Waals surface area contributed by atoms with E-state index in [9.17, 15) is 15.0 Å². The number of imidazole rings is 1. The second-order valence-corrected chi connectivity index (χ2v) is 9.87. The van der Waals surface area contributed by atoms with Crippen molar-refractivity contribution in [2.75, 3.05) is 19.0 Å². The number of nitrogens with two attached hydrogens (primary N) is 1. The number of benzene rings is 3. The molecular formula is C32H34N6O4. The number of primary amides is 1. The Bertz CT molecular complexity index is 1670. The van der Waals surface area contributed by atoms with Gasteiger partial charge in [-0.05, 0) is 53.4 Å². The summed E-state index contributed by atoms with van der Waals surface area (Å²) in [5.41, 5.74) is 11.8. The quantitative estimate of drug-likeness (QED) is 0.131. The third kappa shape index (κ3) is 5.96. The molecule has 5 aromatic rings. The Morgan fingerprint density at radius 1 is 1.07 bits per heavy atom. The highest BCUT2D eigenvalue weighted by molar-refractivity contribution is 6.06. The number of H-pyrrole nitrogens is 1. The largest absolute Gasteiger partial charge is 0.497 e. The van der Waals surface area contributed by atoms with E-state index in [0.717, 1.165) is 33.7 Å². The van der Waals surface area contributed by atoms with E-state index in [0.29, 0.717) is 35.6 Å². The standard InChI is InChI=1S/C32H34N6O4/c1-3-23-21(16-34-26(18-39)29(40)19-8-5-4-6-9-19)10-7-11-25(23)36-27-24(30(33)41)17-35-32-28(27)37-31(38-32)20-12-14-22(42-2)15-13-20/h4-15,17,26,29,34,39-40H,3,16,18H2,1-2H3,(H2,33,41)(H2,35,36,37,38)/t26-,29-/m0/s1. The molecule has 10 heteroatoms. The van der Waals surface area contributed by atoms with Gasteiger partial charge in [0.1, 0.15) is 17.1 Å². The third-order valence-corrected chi connectivity index (χ3v) is 7.31. The third-order valence-electron chi connectivity index (χ3n) is 7.31. The van der Waals surface area contributed by atoms with Crippen LogP contribution in [0.1, 0.15) is 40.1 Å². The van der Waals surface area contributed by atoms with Gasteiger partial charge in [-0.2, -0.15) is 0 Å². The zero-order valence-electron chi connectivity index (χ0n) is 23.5. The summed E-state index contributed by atoms with van der Waals surface area (Å²) in [5.74, 6) is 0.697. The lowest BCUT2D eigenvalue weighted by atomic mass is 10.00. The molecule has 0 aliphatic heterocycles. The molecule has 216 valence electrons. The van der Waals surface area contributed by atoms with Crippen LogP contribution in [0.25, 0.3) is 22.6 Å². The Balaban J connectivity index is 1.46. The Hall–Kier alpha value is -4.77. The van der Waals surface area contributed by atoms with E-state index in [2.05, 4.69) is 25.6 Å². The average molecular weight is 567 g/mol. The fourth-order valence-corrected chi connectivity index (χ4v) is 5.03. The number of aliphatic hydroxyl groups is 2. The molecule has 2 atom stereocenters. The normalized spacial score (nSPS) is 12.7. The van der Waals surface area contributed by atoms with E-state index in [4.69, 9.17) is 10.5 Å². The van der Waals surface area contributed by atoms with Crippen molar-refractivity contribution in [1.82, 2.24) is 20.3 Å². The number of carbonyl (C=O) groups is 1. The van der Waals surface area contributed by atoms with Crippen LogP contribution in [0, 0.1) is 0 Å². The molecule has 0 aliphatic carbocycles. The summed E-state index contributed by atoms with van der Waals surface area (Å²) in [6.07, 6.45) is 1.25. The van der Waals surface area contributed by atoms with E-state index in [-0.39, 0.29) is 12.2 Å². The van der Waals surface area contributed by atoms with Crippen molar-refractivity contribution in [3.63, 3.8) is 0 Å². The first-order chi connectivity index (χ1) is 20.4. The number of rotatable bonds is 12. The monoisotopic (exact) mass is 566 g/mol. The molecule has 2 heterocycles. The first-order valence-corrected chi connectivity index (χ1v) is 13.7. The number of amides is 1. The van der Waals surface area contributed by atoms with Crippen molar-refractivity contribution in [3.8, 4) is 17.1 Å². The number of hydrogen-bond acceptors (Lipinski definition) is 8. The van der Waals surface area contributed by atoms with E-state index in [1.807, 2.05) is 79.7 Å². The number of carbonyl (C=O) groups excluding carboxylic acids is 1. The van der Waals surface area contributed by atoms with Crippen molar-refractivity contribution < 1.29 is 19.7 Å². The van der Waals surface area contributed by atoms with Gasteiger partial charge in [0.15, 0.2) is 5.65 Å². The van der Waals surface area contributed by atoms with Crippen LogP contribution in [0.15, 0.2) is 79.0 Å².